The predicted octanol–water partition coefficient (Wildman–Crippen LogP) is 3.08. The van der Waals surface area contributed by atoms with Crippen molar-refractivity contribution in [2.45, 2.75) is 26.6 Å². The third kappa shape index (κ3) is 1.82. The van der Waals surface area contributed by atoms with Crippen LogP contribution in [0.5, 0.6) is 11.5 Å². The number of carbonyl (C=O) groups is 1. The van der Waals surface area contributed by atoms with E-state index < -0.39 is 5.79 Å². The molecule has 0 bridgehead atoms. The molecule has 86 valence electrons. The Bertz CT molecular complexity index is 452. The predicted molar refractivity (Wildman–Crippen MR) is 64.6 cm³/mol. The number of aryl methyl sites for hydroxylation is 1. The summed E-state index contributed by atoms with van der Waals surface area (Å²) < 4.78 is 11.3. The molecule has 2 rings (SSSR count). The molecule has 1 aliphatic rings. The van der Waals surface area contributed by atoms with E-state index in [1.807, 2.05) is 26.8 Å². The zero-order valence-corrected chi connectivity index (χ0v) is 11.1. The lowest BCUT2D eigenvalue weighted by Gasteiger charge is -2.16. The van der Waals surface area contributed by atoms with Gasteiger partial charge in [-0.1, -0.05) is 22.0 Å². The van der Waals surface area contributed by atoms with Gasteiger partial charge < -0.3 is 9.47 Å². The Balaban J connectivity index is 2.54. The number of rotatable bonds is 2. The van der Waals surface area contributed by atoms with Crippen LogP contribution in [0.25, 0.3) is 0 Å². The summed E-state index contributed by atoms with van der Waals surface area (Å²) in [6.45, 7) is 5.59. The first-order valence-corrected chi connectivity index (χ1v) is 6.17. The van der Waals surface area contributed by atoms with Crippen LogP contribution < -0.4 is 9.47 Å². The zero-order chi connectivity index (χ0) is 11.9. The zero-order valence-electron chi connectivity index (χ0n) is 9.46. The fourth-order valence-electron chi connectivity index (χ4n) is 1.69. The van der Waals surface area contributed by atoms with E-state index in [1.54, 1.807) is 6.07 Å². The van der Waals surface area contributed by atoms with E-state index in [-0.39, 0.29) is 11.1 Å². The molecule has 1 aliphatic heterocycles. The summed E-state index contributed by atoms with van der Waals surface area (Å²) in [7, 11) is 0. The molecule has 0 N–H and O–H groups in total. The molecular weight excluding hydrogens is 272 g/mol. The van der Waals surface area contributed by atoms with Crippen molar-refractivity contribution in [2.24, 2.45) is 0 Å². The Kier molecular flexibility index (Phi) is 2.70. The maximum Gasteiger partial charge on any atom is 0.246 e. The number of ketones is 1. The van der Waals surface area contributed by atoms with Gasteiger partial charge in [-0.3, -0.25) is 4.79 Å². The molecule has 3 nitrogen and oxygen atoms in total. The van der Waals surface area contributed by atoms with Gasteiger partial charge in [-0.05, 0) is 18.6 Å². The second-order valence-corrected chi connectivity index (χ2v) is 4.81. The smallest absolute Gasteiger partial charge is 0.246 e. The van der Waals surface area contributed by atoms with Crippen LogP contribution in [-0.2, 0) is 0 Å². The molecule has 0 spiro atoms. The van der Waals surface area contributed by atoms with Crippen LogP contribution in [0.3, 0.4) is 0 Å². The highest BCUT2D eigenvalue weighted by Gasteiger charge is 2.35. The molecule has 0 unspecified atom stereocenters. The van der Waals surface area contributed by atoms with E-state index in [9.17, 15) is 4.79 Å². The average Bonchev–Trinajstić information content (AvgIpc) is 2.54. The summed E-state index contributed by atoms with van der Waals surface area (Å²) >= 11 is 3.16. The average molecular weight is 285 g/mol. The fourth-order valence-corrected chi connectivity index (χ4v) is 2.00. The number of ether oxygens (including phenoxy) is 2. The minimum Gasteiger partial charge on any atom is -0.449 e. The molecule has 0 saturated carbocycles. The number of hydrogen-bond acceptors (Lipinski definition) is 3. The number of halogens is 1. The molecule has 0 saturated heterocycles. The van der Waals surface area contributed by atoms with E-state index in [0.717, 1.165) is 5.56 Å². The largest absolute Gasteiger partial charge is 0.449 e. The van der Waals surface area contributed by atoms with E-state index >= 15 is 0 Å². The third-order valence-corrected chi connectivity index (χ3v) is 2.94. The maximum atomic E-state index is 11.7. The van der Waals surface area contributed by atoms with Gasteiger partial charge in [-0.25, -0.2) is 0 Å². The summed E-state index contributed by atoms with van der Waals surface area (Å²) in [5, 5.41) is 0.284. The van der Waals surface area contributed by atoms with Crippen molar-refractivity contribution in [3.8, 4) is 11.5 Å². The van der Waals surface area contributed by atoms with Crippen molar-refractivity contribution in [1.29, 1.82) is 0 Å². The van der Waals surface area contributed by atoms with Crippen molar-refractivity contribution in [1.82, 2.24) is 0 Å². The quantitative estimate of drug-likeness (QED) is 0.618. The van der Waals surface area contributed by atoms with Crippen molar-refractivity contribution in [2.75, 3.05) is 5.33 Å². The highest BCUT2D eigenvalue weighted by Crippen LogP contribution is 2.44. The fraction of sp³-hybridized carbons (Fsp3) is 0.417. The van der Waals surface area contributed by atoms with Crippen LogP contribution >= 0.6 is 15.9 Å². The summed E-state index contributed by atoms with van der Waals surface area (Å²) in [5.41, 5.74) is 1.55. The third-order valence-electron chi connectivity index (χ3n) is 2.43. The lowest BCUT2D eigenvalue weighted by atomic mass is 10.1. The lowest BCUT2D eigenvalue weighted by Crippen LogP contribution is -2.30. The number of alkyl halides is 1. The number of hydrogen-bond donors (Lipinski definition) is 0. The second-order valence-electron chi connectivity index (χ2n) is 4.25. The van der Waals surface area contributed by atoms with E-state index in [4.69, 9.17) is 9.47 Å². The highest BCUT2D eigenvalue weighted by molar-refractivity contribution is 9.09. The van der Waals surface area contributed by atoms with Gasteiger partial charge in [0.15, 0.2) is 17.3 Å². The van der Waals surface area contributed by atoms with Gasteiger partial charge in [-0.2, -0.15) is 0 Å². The molecule has 0 aliphatic carbocycles. The summed E-state index contributed by atoms with van der Waals surface area (Å²) in [6.07, 6.45) is 0. The van der Waals surface area contributed by atoms with Gasteiger partial charge in [0, 0.05) is 13.8 Å². The van der Waals surface area contributed by atoms with Crippen LogP contribution in [-0.4, -0.2) is 16.9 Å². The van der Waals surface area contributed by atoms with Crippen LogP contribution in [0.4, 0.5) is 0 Å². The molecule has 0 aromatic heterocycles. The Morgan fingerprint density at radius 1 is 1.31 bits per heavy atom. The van der Waals surface area contributed by atoms with Crippen molar-refractivity contribution in [3.05, 3.63) is 23.3 Å². The normalized spacial score (nSPS) is 16.2. The molecule has 1 aromatic carbocycles. The van der Waals surface area contributed by atoms with Gasteiger partial charge in [-0.15, -0.1) is 0 Å². The molecule has 0 amide bonds. The van der Waals surface area contributed by atoms with Crippen molar-refractivity contribution < 1.29 is 14.3 Å². The molecular formula is C12H13BrO3. The molecule has 16 heavy (non-hydrogen) atoms. The van der Waals surface area contributed by atoms with Gasteiger partial charge in [0.05, 0.1) is 10.9 Å². The summed E-state index contributed by atoms with van der Waals surface area (Å²) in [6, 6.07) is 3.65. The van der Waals surface area contributed by atoms with Gasteiger partial charge in [0.25, 0.3) is 0 Å². The number of Topliss-reactive ketones (excluding diaryl/α,β-unsaturated/α-hetero) is 1. The standard InChI is InChI=1S/C12H13BrO3/c1-7-4-5-8(9(14)6-13)11-10(7)15-12(2,3)16-11/h4-5H,6H2,1-3H3. The Labute approximate surface area is 103 Å². The van der Waals surface area contributed by atoms with Crippen molar-refractivity contribution >= 4 is 21.7 Å². The Hall–Kier alpha value is -1.03. The minimum absolute atomic E-state index is 0.00227. The molecule has 1 aromatic rings. The molecule has 0 radical (unpaired) electrons. The van der Waals surface area contributed by atoms with Gasteiger partial charge in [0.1, 0.15) is 0 Å². The Morgan fingerprint density at radius 2 is 1.94 bits per heavy atom. The SMILES string of the molecule is Cc1ccc(C(=O)CBr)c2c1OC(C)(C)O2. The molecule has 0 atom stereocenters. The summed E-state index contributed by atoms with van der Waals surface area (Å²) in [4.78, 5) is 11.7. The van der Waals surface area contributed by atoms with Crippen LogP contribution in [0.2, 0.25) is 0 Å². The number of carbonyl (C=O) groups excluding carboxylic acids is 1. The molecule has 1 heterocycles. The first-order chi connectivity index (χ1) is 7.44. The van der Waals surface area contributed by atoms with Crippen LogP contribution in [0.15, 0.2) is 12.1 Å². The Morgan fingerprint density at radius 3 is 2.56 bits per heavy atom. The highest BCUT2D eigenvalue weighted by atomic mass is 79.9. The van der Waals surface area contributed by atoms with Crippen molar-refractivity contribution in [3.63, 3.8) is 0 Å². The molecule has 0 fully saturated rings. The van der Waals surface area contributed by atoms with Gasteiger partial charge in [0.2, 0.25) is 5.79 Å². The second kappa shape index (κ2) is 3.77. The van der Waals surface area contributed by atoms with E-state index in [2.05, 4.69) is 15.9 Å². The number of benzene rings is 1. The molecule has 4 heteroatoms. The first-order valence-electron chi connectivity index (χ1n) is 5.05. The minimum atomic E-state index is -0.699. The summed E-state index contributed by atoms with van der Waals surface area (Å²) in [5.74, 6) is 0.541. The lowest BCUT2D eigenvalue weighted by molar-refractivity contribution is -0.0435. The number of fused-ring (bicyclic) bond motifs is 1. The topological polar surface area (TPSA) is 35.5 Å². The van der Waals surface area contributed by atoms with E-state index in [1.165, 1.54) is 0 Å². The maximum absolute atomic E-state index is 11.7. The van der Waals surface area contributed by atoms with Gasteiger partial charge >= 0.3 is 0 Å². The monoisotopic (exact) mass is 284 g/mol. The first kappa shape index (κ1) is 11.5. The van der Waals surface area contributed by atoms with Crippen LogP contribution in [0.1, 0.15) is 29.8 Å². The van der Waals surface area contributed by atoms with Crippen LogP contribution in [0, 0.1) is 6.92 Å². The van der Waals surface area contributed by atoms with E-state index in [0.29, 0.717) is 17.1 Å².